The van der Waals surface area contributed by atoms with Crippen LogP contribution in [0.3, 0.4) is 0 Å². The van der Waals surface area contributed by atoms with Crippen molar-refractivity contribution >= 4 is 5.96 Å². The van der Waals surface area contributed by atoms with Crippen LogP contribution < -0.4 is 10.6 Å². The first-order valence-electron chi connectivity index (χ1n) is 3.17. The lowest BCUT2D eigenvalue weighted by molar-refractivity contribution is 1.01. The lowest BCUT2D eigenvalue weighted by atomic mass is 10.9. The van der Waals surface area contributed by atoms with Crippen molar-refractivity contribution in [1.82, 2.24) is 10.6 Å². The highest BCUT2D eigenvalue weighted by Gasteiger charge is 1.79. The molecule has 0 spiro atoms. The van der Waals surface area contributed by atoms with Crippen molar-refractivity contribution in [2.45, 2.75) is 13.8 Å². The molecule has 0 saturated carbocycles. The molecule has 0 heterocycles. The predicted molar refractivity (Wildman–Crippen MR) is 42.8 cm³/mol. The third-order valence-electron chi connectivity index (χ3n) is 0.697. The Hall–Kier alpha value is -0.730. The number of nitrogens with one attached hydrogen (secondary N) is 2. The van der Waals surface area contributed by atoms with Crippen molar-refractivity contribution in [1.29, 1.82) is 0 Å². The molecule has 0 aromatic carbocycles. The molecule has 0 aliphatic heterocycles. The van der Waals surface area contributed by atoms with Crippen molar-refractivity contribution < 1.29 is 0 Å². The normalized spacial score (nSPS) is 6.33. The van der Waals surface area contributed by atoms with Crippen LogP contribution in [0, 0.1) is 0 Å². The number of hydrogen-bond donors (Lipinski definition) is 2. The second-order valence-corrected chi connectivity index (χ2v) is 1.07. The first-order valence-corrected chi connectivity index (χ1v) is 3.17. The van der Waals surface area contributed by atoms with Gasteiger partial charge in [-0.05, 0) is 0 Å². The summed E-state index contributed by atoms with van der Waals surface area (Å²) in [6.45, 7) is 4.00. The predicted octanol–water partition coefficient (Wildman–Crippen LogP) is 0.437. The molecule has 0 radical (unpaired) electrons. The lowest BCUT2D eigenvalue weighted by Crippen LogP contribution is -2.31. The fraction of sp³-hybridized carbons (Fsp3) is 0.833. The van der Waals surface area contributed by atoms with E-state index >= 15 is 0 Å². The topological polar surface area (TPSA) is 36.4 Å². The second-order valence-electron chi connectivity index (χ2n) is 1.07. The molecule has 0 aromatic heterocycles. The Labute approximate surface area is 57.6 Å². The summed E-state index contributed by atoms with van der Waals surface area (Å²) in [7, 11) is 5.36. The van der Waals surface area contributed by atoms with Crippen LogP contribution in [0.2, 0.25) is 0 Å². The SMILES string of the molecule is CC.CN=C(NC)NC. The number of guanidine groups is 1. The second kappa shape index (κ2) is 10.3. The van der Waals surface area contributed by atoms with Crippen LogP contribution >= 0.6 is 0 Å². The van der Waals surface area contributed by atoms with Crippen LogP contribution in [-0.4, -0.2) is 27.1 Å². The van der Waals surface area contributed by atoms with E-state index in [1.807, 2.05) is 27.9 Å². The number of rotatable bonds is 0. The van der Waals surface area contributed by atoms with E-state index in [4.69, 9.17) is 0 Å². The molecule has 0 fully saturated rings. The zero-order valence-corrected chi connectivity index (χ0v) is 6.95. The van der Waals surface area contributed by atoms with E-state index in [0.29, 0.717) is 0 Å². The summed E-state index contributed by atoms with van der Waals surface area (Å²) in [4.78, 5) is 3.82. The highest BCUT2D eigenvalue weighted by atomic mass is 15.1. The zero-order valence-electron chi connectivity index (χ0n) is 6.95. The van der Waals surface area contributed by atoms with Gasteiger partial charge in [0.15, 0.2) is 5.96 Å². The van der Waals surface area contributed by atoms with Gasteiger partial charge in [0.2, 0.25) is 0 Å². The highest BCUT2D eigenvalue weighted by molar-refractivity contribution is 5.78. The quantitative estimate of drug-likeness (QED) is 0.369. The zero-order chi connectivity index (χ0) is 7.70. The summed E-state index contributed by atoms with van der Waals surface area (Å²) in [5.41, 5.74) is 0. The summed E-state index contributed by atoms with van der Waals surface area (Å²) in [5.74, 6) is 0.806. The van der Waals surface area contributed by atoms with E-state index in [1.165, 1.54) is 0 Å². The van der Waals surface area contributed by atoms with Gasteiger partial charge in [0.25, 0.3) is 0 Å². The Kier molecular flexibility index (Phi) is 12.7. The standard InChI is InChI=1S/C4H11N3.C2H6/c1-5-4(6-2)7-3;1-2/h1-3H3,(H2,5,6,7);1-2H3. The summed E-state index contributed by atoms with van der Waals surface area (Å²) in [6.07, 6.45) is 0. The van der Waals surface area contributed by atoms with Crippen molar-refractivity contribution in [3.63, 3.8) is 0 Å². The fourth-order valence-corrected chi connectivity index (χ4v) is 0.349. The molecule has 0 saturated heterocycles. The Morgan fingerprint density at radius 1 is 1.11 bits per heavy atom. The molecule has 0 amide bonds. The van der Waals surface area contributed by atoms with E-state index in [0.717, 1.165) is 5.96 Å². The van der Waals surface area contributed by atoms with Crippen LogP contribution in [0.4, 0.5) is 0 Å². The first kappa shape index (κ1) is 11.1. The Balaban J connectivity index is 0. The van der Waals surface area contributed by atoms with Crippen molar-refractivity contribution in [3.8, 4) is 0 Å². The van der Waals surface area contributed by atoms with Crippen molar-refractivity contribution in [2.75, 3.05) is 21.1 Å². The van der Waals surface area contributed by atoms with Gasteiger partial charge in [-0.2, -0.15) is 0 Å². The Bertz CT molecular complexity index is 62.7. The van der Waals surface area contributed by atoms with E-state index in [-0.39, 0.29) is 0 Å². The maximum atomic E-state index is 3.82. The van der Waals surface area contributed by atoms with Gasteiger partial charge >= 0.3 is 0 Å². The van der Waals surface area contributed by atoms with Crippen molar-refractivity contribution in [3.05, 3.63) is 0 Å². The molecular formula is C6H17N3. The van der Waals surface area contributed by atoms with Gasteiger partial charge < -0.3 is 10.6 Å². The van der Waals surface area contributed by atoms with Crippen LogP contribution in [0.5, 0.6) is 0 Å². The monoisotopic (exact) mass is 131 g/mol. The molecule has 0 atom stereocenters. The minimum Gasteiger partial charge on any atom is -0.359 e. The molecule has 0 aliphatic rings. The minimum atomic E-state index is 0.806. The number of hydrogen-bond acceptors (Lipinski definition) is 1. The van der Waals surface area contributed by atoms with Gasteiger partial charge in [-0.25, -0.2) is 0 Å². The van der Waals surface area contributed by atoms with Gasteiger partial charge in [0.1, 0.15) is 0 Å². The van der Waals surface area contributed by atoms with Crippen LogP contribution in [0.15, 0.2) is 4.99 Å². The average Bonchev–Trinajstić information content (AvgIpc) is 1.96. The lowest BCUT2D eigenvalue weighted by Gasteiger charge is -1.99. The summed E-state index contributed by atoms with van der Waals surface area (Å²) in [5, 5.41) is 5.68. The number of nitrogens with zero attached hydrogens (tertiary/aromatic N) is 1. The first-order chi connectivity index (χ1) is 4.35. The number of aliphatic imine (C=N–C) groups is 1. The summed E-state index contributed by atoms with van der Waals surface area (Å²) < 4.78 is 0. The van der Waals surface area contributed by atoms with Crippen LogP contribution in [0.25, 0.3) is 0 Å². The Morgan fingerprint density at radius 2 is 1.44 bits per heavy atom. The molecule has 9 heavy (non-hydrogen) atoms. The van der Waals surface area contributed by atoms with Crippen LogP contribution in [-0.2, 0) is 0 Å². The molecule has 0 bridgehead atoms. The molecule has 0 aromatic rings. The maximum absolute atomic E-state index is 3.82. The molecule has 0 unspecified atom stereocenters. The van der Waals surface area contributed by atoms with Gasteiger partial charge in [-0.15, -0.1) is 0 Å². The molecule has 0 aliphatic carbocycles. The molecule has 3 heteroatoms. The molecule has 3 nitrogen and oxygen atoms in total. The van der Waals surface area contributed by atoms with E-state index in [1.54, 1.807) is 7.05 Å². The summed E-state index contributed by atoms with van der Waals surface area (Å²) in [6, 6.07) is 0. The third-order valence-corrected chi connectivity index (χ3v) is 0.697. The van der Waals surface area contributed by atoms with Crippen LogP contribution in [0.1, 0.15) is 13.8 Å². The average molecular weight is 131 g/mol. The fourth-order valence-electron chi connectivity index (χ4n) is 0.349. The third kappa shape index (κ3) is 7.27. The van der Waals surface area contributed by atoms with E-state index in [9.17, 15) is 0 Å². The van der Waals surface area contributed by atoms with Gasteiger partial charge in [0, 0.05) is 21.1 Å². The van der Waals surface area contributed by atoms with Gasteiger partial charge in [-0.3, -0.25) is 4.99 Å². The molecule has 2 N–H and O–H groups in total. The smallest absolute Gasteiger partial charge is 0.190 e. The van der Waals surface area contributed by atoms with Gasteiger partial charge in [-0.1, -0.05) is 13.8 Å². The molecule has 0 rings (SSSR count). The van der Waals surface area contributed by atoms with Crippen molar-refractivity contribution in [2.24, 2.45) is 4.99 Å². The van der Waals surface area contributed by atoms with E-state index in [2.05, 4.69) is 15.6 Å². The molecule has 56 valence electrons. The highest BCUT2D eigenvalue weighted by Crippen LogP contribution is 1.55. The van der Waals surface area contributed by atoms with E-state index < -0.39 is 0 Å². The van der Waals surface area contributed by atoms with Gasteiger partial charge in [0.05, 0.1) is 0 Å². The Morgan fingerprint density at radius 3 is 1.44 bits per heavy atom. The molecular weight excluding hydrogens is 114 g/mol. The largest absolute Gasteiger partial charge is 0.359 e. The summed E-state index contributed by atoms with van der Waals surface area (Å²) >= 11 is 0. The minimum absolute atomic E-state index is 0.806. The maximum Gasteiger partial charge on any atom is 0.190 e.